The maximum absolute atomic E-state index is 10.6. The minimum atomic E-state index is -0.840. The van der Waals surface area contributed by atoms with Gasteiger partial charge in [-0.25, -0.2) is 0 Å². The van der Waals surface area contributed by atoms with Gasteiger partial charge in [0, 0.05) is 13.0 Å². The maximum atomic E-state index is 10.6. The van der Waals surface area contributed by atoms with Crippen LogP contribution in [0.4, 0.5) is 0 Å². The van der Waals surface area contributed by atoms with E-state index in [1.54, 1.807) is 0 Å². The first kappa shape index (κ1) is 13.2. The van der Waals surface area contributed by atoms with Gasteiger partial charge in [-0.05, 0) is 17.9 Å². The summed E-state index contributed by atoms with van der Waals surface area (Å²) in [6, 6.07) is 10.4. The zero-order chi connectivity index (χ0) is 14.1. The second kappa shape index (κ2) is 5.28. The second-order valence-corrected chi connectivity index (χ2v) is 5.88. The summed E-state index contributed by atoms with van der Waals surface area (Å²) in [5, 5.41) is 17.7. The molecule has 0 amide bonds. The average Bonchev–Trinajstić information content (AvgIpc) is 3.15. The molecule has 0 aliphatic heterocycles. The fourth-order valence-corrected chi connectivity index (χ4v) is 3.09. The molecule has 1 saturated carbocycles. The van der Waals surface area contributed by atoms with Gasteiger partial charge in [-0.3, -0.25) is 4.79 Å². The van der Waals surface area contributed by atoms with Gasteiger partial charge >= 0.3 is 5.97 Å². The summed E-state index contributed by atoms with van der Waals surface area (Å²) in [7, 11) is 1.90. The molecular formula is C14H15N3O2S. The third-order valence-electron chi connectivity index (χ3n) is 3.54. The highest BCUT2D eigenvalue weighted by atomic mass is 32.2. The highest BCUT2D eigenvalue weighted by Gasteiger charge is 2.42. The molecule has 2 unspecified atom stereocenters. The van der Waals surface area contributed by atoms with Crippen LogP contribution in [0.5, 0.6) is 0 Å². The van der Waals surface area contributed by atoms with Crippen molar-refractivity contribution in [2.75, 3.05) is 5.75 Å². The van der Waals surface area contributed by atoms with Crippen molar-refractivity contribution in [1.82, 2.24) is 14.8 Å². The van der Waals surface area contributed by atoms with Crippen LogP contribution in [0.1, 0.15) is 29.6 Å². The molecule has 1 aromatic carbocycles. The molecule has 0 bridgehead atoms. The monoisotopic (exact) mass is 289 g/mol. The molecule has 0 saturated heterocycles. The third-order valence-corrected chi connectivity index (χ3v) is 4.55. The Balaban J connectivity index is 1.72. The highest BCUT2D eigenvalue weighted by molar-refractivity contribution is 7.99. The van der Waals surface area contributed by atoms with E-state index in [-0.39, 0.29) is 5.75 Å². The largest absolute Gasteiger partial charge is 0.481 e. The number of aliphatic carboxylic acids is 1. The number of carboxylic acid groups (broad SMARTS) is 1. The van der Waals surface area contributed by atoms with Crippen molar-refractivity contribution < 1.29 is 9.90 Å². The smallest absolute Gasteiger partial charge is 0.313 e. The predicted molar refractivity (Wildman–Crippen MR) is 75.9 cm³/mol. The van der Waals surface area contributed by atoms with Crippen LogP contribution in [0.2, 0.25) is 0 Å². The van der Waals surface area contributed by atoms with E-state index in [1.807, 2.05) is 17.7 Å². The lowest BCUT2D eigenvalue weighted by Crippen LogP contribution is -2.02. The summed E-state index contributed by atoms with van der Waals surface area (Å²) in [6.45, 7) is 0. The summed E-state index contributed by atoms with van der Waals surface area (Å²) >= 11 is 1.21. The Morgan fingerprint density at radius 3 is 2.80 bits per heavy atom. The molecule has 6 heteroatoms. The first-order valence-electron chi connectivity index (χ1n) is 6.45. The van der Waals surface area contributed by atoms with E-state index in [1.165, 1.54) is 17.3 Å². The van der Waals surface area contributed by atoms with Crippen LogP contribution in [0, 0.1) is 0 Å². The van der Waals surface area contributed by atoms with Crippen LogP contribution in [0.3, 0.4) is 0 Å². The molecule has 0 radical (unpaired) electrons. The molecule has 3 rings (SSSR count). The molecule has 1 N–H and O–H groups in total. The van der Waals surface area contributed by atoms with E-state index in [2.05, 4.69) is 34.5 Å². The van der Waals surface area contributed by atoms with Crippen LogP contribution in [-0.4, -0.2) is 31.6 Å². The number of rotatable bonds is 5. The molecular weight excluding hydrogens is 274 g/mol. The van der Waals surface area contributed by atoms with E-state index < -0.39 is 5.97 Å². The molecule has 1 fully saturated rings. The highest BCUT2D eigenvalue weighted by Crippen LogP contribution is 2.54. The molecule has 20 heavy (non-hydrogen) atoms. The number of carboxylic acids is 1. The minimum absolute atomic E-state index is 0.0127. The Bertz CT molecular complexity index is 627. The number of aromatic nitrogens is 3. The molecule has 1 aromatic heterocycles. The van der Waals surface area contributed by atoms with Gasteiger partial charge in [0.25, 0.3) is 0 Å². The Kier molecular flexibility index (Phi) is 3.48. The number of benzene rings is 1. The molecule has 1 aliphatic carbocycles. The summed E-state index contributed by atoms with van der Waals surface area (Å²) in [6.07, 6.45) is 1.08. The van der Waals surface area contributed by atoms with E-state index in [9.17, 15) is 4.79 Å². The van der Waals surface area contributed by atoms with Crippen LogP contribution < -0.4 is 0 Å². The first-order chi connectivity index (χ1) is 9.66. The molecule has 2 aromatic rings. The van der Waals surface area contributed by atoms with Crippen molar-refractivity contribution in [1.29, 1.82) is 0 Å². The van der Waals surface area contributed by atoms with Crippen LogP contribution in [-0.2, 0) is 11.8 Å². The van der Waals surface area contributed by atoms with Gasteiger partial charge in [0.2, 0.25) is 0 Å². The number of hydrogen-bond donors (Lipinski definition) is 1. The Morgan fingerprint density at radius 2 is 2.10 bits per heavy atom. The third kappa shape index (κ3) is 2.56. The minimum Gasteiger partial charge on any atom is -0.481 e. The zero-order valence-electron chi connectivity index (χ0n) is 11.1. The van der Waals surface area contributed by atoms with Gasteiger partial charge in [0.15, 0.2) is 5.16 Å². The van der Waals surface area contributed by atoms with Crippen LogP contribution in [0.25, 0.3) is 0 Å². The summed E-state index contributed by atoms with van der Waals surface area (Å²) in [4.78, 5) is 10.6. The maximum Gasteiger partial charge on any atom is 0.313 e. The lowest BCUT2D eigenvalue weighted by molar-refractivity contribution is -0.133. The van der Waals surface area contributed by atoms with Gasteiger partial charge in [0.05, 0.1) is 5.75 Å². The van der Waals surface area contributed by atoms with E-state index in [0.717, 1.165) is 12.2 Å². The van der Waals surface area contributed by atoms with Crippen molar-refractivity contribution in [2.45, 2.75) is 23.4 Å². The quantitative estimate of drug-likeness (QED) is 0.855. The normalized spacial score (nSPS) is 20.9. The molecule has 5 nitrogen and oxygen atoms in total. The van der Waals surface area contributed by atoms with E-state index in [0.29, 0.717) is 17.0 Å². The predicted octanol–water partition coefficient (Wildman–Crippen LogP) is 2.26. The van der Waals surface area contributed by atoms with Gasteiger partial charge < -0.3 is 9.67 Å². The van der Waals surface area contributed by atoms with E-state index in [4.69, 9.17) is 5.11 Å². The molecule has 0 spiro atoms. The Labute approximate surface area is 121 Å². The first-order valence-corrected chi connectivity index (χ1v) is 7.44. The SMILES string of the molecule is Cn1c(SCC(=O)O)nnc1C1CC1c1ccccc1. The topological polar surface area (TPSA) is 68.0 Å². The summed E-state index contributed by atoms with van der Waals surface area (Å²) in [5.74, 6) is 1.03. The second-order valence-electron chi connectivity index (χ2n) is 4.94. The van der Waals surface area contributed by atoms with Gasteiger partial charge in [-0.15, -0.1) is 10.2 Å². The molecule has 1 heterocycles. The fourth-order valence-electron chi connectivity index (χ4n) is 2.45. The summed E-state index contributed by atoms with van der Waals surface area (Å²) in [5.41, 5.74) is 1.33. The number of hydrogen-bond acceptors (Lipinski definition) is 4. The number of thioether (sulfide) groups is 1. The van der Waals surface area contributed by atoms with Crippen molar-refractivity contribution in [2.24, 2.45) is 7.05 Å². The fraction of sp³-hybridized carbons (Fsp3) is 0.357. The number of nitrogens with zero attached hydrogens (tertiary/aromatic N) is 3. The van der Waals surface area contributed by atoms with Gasteiger partial charge in [0.1, 0.15) is 5.82 Å². The van der Waals surface area contributed by atoms with Crippen molar-refractivity contribution >= 4 is 17.7 Å². The van der Waals surface area contributed by atoms with E-state index >= 15 is 0 Å². The standard InChI is InChI=1S/C14H15N3O2S/c1-17-13(15-16-14(17)20-8-12(18)19)11-7-10(11)9-5-3-2-4-6-9/h2-6,10-11H,7-8H2,1H3,(H,18,19). The lowest BCUT2D eigenvalue weighted by atomic mass is 10.1. The average molecular weight is 289 g/mol. The van der Waals surface area contributed by atoms with Gasteiger partial charge in [-0.2, -0.15) is 0 Å². The Morgan fingerprint density at radius 1 is 1.35 bits per heavy atom. The molecule has 1 aliphatic rings. The van der Waals surface area contributed by atoms with Crippen molar-refractivity contribution in [3.05, 3.63) is 41.7 Å². The van der Waals surface area contributed by atoms with Crippen LogP contribution >= 0.6 is 11.8 Å². The summed E-state index contributed by atoms with van der Waals surface area (Å²) < 4.78 is 1.92. The van der Waals surface area contributed by atoms with Crippen LogP contribution in [0.15, 0.2) is 35.5 Å². The zero-order valence-corrected chi connectivity index (χ0v) is 11.9. The Hall–Kier alpha value is -1.82. The molecule has 104 valence electrons. The van der Waals surface area contributed by atoms with Crippen molar-refractivity contribution in [3.8, 4) is 0 Å². The molecule has 2 atom stereocenters. The van der Waals surface area contributed by atoms with Gasteiger partial charge in [-0.1, -0.05) is 42.1 Å². The lowest BCUT2D eigenvalue weighted by Gasteiger charge is -2.02. The van der Waals surface area contributed by atoms with Crippen molar-refractivity contribution in [3.63, 3.8) is 0 Å². The number of carbonyl (C=O) groups is 1.